The Hall–Kier alpha value is -2.37. The minimum Gasteiger partial charge on any atom is -0.444 e. The molecule has 1 amide bonds. The van der Waals surface area contributed by atoms with E-state index >= 15 is 0 Å². The molecule has 166 valence electrons. The summed E-state index contributed by atoms with van der Waals surface area (Å²) in [4.78, 5) is 14.6. The van der Waals surface area contributed by atoms with Crippen molar-refractivity contribution in [1.82, 2.24) is 4.90 Å². The van der Waals surface area contributed by atoms with Gasteiger partial charge in [0.15, 0.2) is 0 Å². The minimum atomic E-state index is -2.78. The summed E-state index contributed by atoms with van der Waals surface area (Å²) in [6.07, 6.45) is 1.30. The van der Waals surface area contributed by atoms with Gasteiger partial charge in [-0.15, -0.1) is 0 Å². The number of benzene rings is 2. The first-order valence-electron chi connectivity index (χ1n) is 10.9. The van der Waals surface area contributed by atoms with Gasteiger partial charge in [-0.2, -0.15) is 0 Å². The number of likely N-dealkylation sites (tertiary alicyclic amines) is 1. The average Bonchev–Trinajstić information content (AvgIpc) is 2.67. The molecule has 0 radical (unpaired) electrons. The van der Waals surface area contributed by atoms with Crippen LogP contribution in [0.4, 0.5) is 4.79 Å². The molecule has 3 rings (SSSR count). The third-order valence-corrected chi connectivity index (χ3v) is 10.6. The van der Waals surface area contributed by atoms with Crippen LogP contribution in [0.15, 0.2) is 72.3 Å². The smallest absolute Gasteiger partial charge is 0.412 e. The lowest BCUT2D eigenvalue weighted by molar-refractivity contribution is -0.0363. The minimum absolute atomic E-state index is 0.163. The lowest BCUT2D eigenvalue weighted by atomic mass is 10.1. The molecule has 1 aliphatic rings. The predicted molar refractivity (Wildman–Crippen MR) is 129 cm³/mol. The van der Waals surface area contributed by atoms with Gasteiger partial charge in [0.05, 0.1) is 6.54 Å². The molecule has 0 aliphatic carbocycles. The van der Waals surface area contributed by atoms with Crippen LogP contribution in [0.1, 0.15) is 48.5 Å². The van der Waals surface area contributed by atoms with Crippen LogP contribution in [0.5, 0.6) is 0 Å². The maximum absolute atomic E-state index is 12.9. The van der Waals surface area contributed by atoms with E-state index in [-0.39, 0.29) is 11.1 Å². The zero-order chi connectivity index (χ0) is 22.9. The van der Waals surface area contributed by atoms with Gasteiger partial charge in [0.2, 0.25) is 0 Å². The highest BCUT2D eigenvalue weighted by atomic mass is 28.4. The first-order valence-corrected chi connectivity index (χ1v) is 12.8. The Labute approximate surface area is 188 Å². The Morgan fingerprint density at radius 2 is 1.42 bits per heavy atom. The van der Waals surface area contributed by atoms with E-state index in [0.717, 1.165) is 5.57 Å². The number of carbonyl (C=O) groups excluding carboxylic acids is 1. The molecular formula is C26H35NO3Si. The van der Waals surface area contributed by atoms with Crippen LogP contribution in [0.3, 0.4) is 0 Å². The molecule has 1 fully saturated rings. The molecule has 31 heavy (non-hydrogen) atoms. The average molecular weight is 438 g/mol. The van der Waals surface area contributed by atoms with E-state index in [1.165, 1.54) is 10.4 Å². The van der Waals surface area contributed by atoms with Crippen molar-refractivity contribution in [3.05, 3.63) is 72.3 Å². The lowest BCUT2D eigenvalue weighted by Crippen LogP contribution is -2.71. The van der Waals surface area contributed by atoms with E-state index in [0.29, 0.717) is 6.54 Å². The highest BCUT2D eigenvalue weighted by molar-refractivity contribution is 6.99. The number of amides is 1. The Bertz CT molecular complexity index is 887. The number of allylic oxidation sites excluding steroid dienone is 1. The Morgan fingerprint density at radius 1 is 0.935 bits per heavy atom. The molecule has 0 saturated carbocycles. The highest BCUT2D eigenvalue weighted by Gasteiger charge is 2.55. The van der Waals surface area contributed by atoms with Crippen molar-refractivity contribution in [3.8, 4) is 0 Å². The molecule has 0 N–H and O–H groups in total. The Balaban J connectivity index is 2.11. The quantitative estimate of drug-likeness (QED) is 0.494. The van der Waals surface area contributed by atoms with Gasteiger partial charge in [0, 0.05) is 0 Å². The third kappa shape index (κ3) is 4.63. The molecule has 0 spiro atoms. The molecule has 1 atom stereocenters. The van der Waals surface area contributed by atoms with Crippen LogP contribution in [-0.4, -0.2) is 37.7 Å². The van der Waals surface area contributed by atoms with E-state index in [2.05, 4.69) is 75.4 Å². The SMILES string of the molecule is C/C=C1\CN(C(=O)OC(C)(C)C)[C@H]1O[Si](c1ccccc1)(c1ccccc1)C(C)(C)C. The second-order valence-electron chi connectivity index (χ2n) is 10.1. The van der Waals surface area contributed by atoms with Gasteiger partial charge < -0.3 is 9.16 Å². The Kier molecular flexibility index (Phi) is 6.49. The third-order valence-electron chi connectivity index (χ3n) is 5.66. The first kappa shape index (κ1) is 23.3. The van der Waals surface area contributed by atoms with Crippen molar-refractivity contribution in [2.75, 3.05) is 6.54 Å². The maximum atomic E-state index is 12.9. The fraction of sp³-hybridized carbons (Fsp3) is 0.423. The molecule has 0 bridgehead atoms. The van der Waals surface area contributed by atoms with E-state index in [1.807, 2.05) is 39.8 Å². The number of hydrogen-bond acceptors (Lipinski definition) is 3. The van der Waals surface area contributed by atoms with Crippen LogP contribution in [-0.2, 0) is 9.16 Å². The summed E-state index contributed by atoms with van der Waals surface area (Å²) in [7, 11) is -2.78. The molecular weight excluding hydrogens is 402 g/mol. The van der Waals surface area contributed by atoms with Gasteiger partial charge in [-0.05, 0) is 48.7 Å². The summed E-state index contributed by atoms with van der Waals surface area (Å²) in [5, 5.41) is 2.23. The van der Waals surface area contributed by atoms with Crippen LogP contribution >= 0.6 is 0 Å². The molecule has 1 aliphatic heterocycles. The van der Waals surface area contributed by atoms with Gasteiger partial charge >= 0.3 is 6.09 Å². The van der Waals surface area contributed by atoms with Crippen molar-refractivity contribution >= 4 is 24.8 Å². The second-order valence-corrected chi connectivity index (χ2v) is 14.4. The van der Waals surface area contributed by atoms with Crippen molar-refractivity contribution in [3.63, 3.8) is 0 Å². The summed E-state index contributed by atoms with van der Waals surface area (Å²) in [6.45, 7) is 14.9. The molecule has 2 aromatic rings. The van der Waals surface area contributed by atoms with Crippen LogP contribution in [0, 0.1) is 0 Å². The number of ether oxygens (including phenoxy) is 1. The number of carbonyl (C=O) groups is 1. The summed E-state index contributed by atoms with van der Waals surface area (Å²) >= 11 is 0. The summed E-state index contributed by atoms with van der Waals surface area (Å²) in [5.41, 5.74) is 0.559. The summed E-state index contributed by atoms with van der Waals surface area (Å²) in [5.74, 6) is 0. The van der Waals surface area contributed by atoms with Crippen LogP contribution < -0.4 is 10.4 Å². The van der Waals surface area contributed by atoms with Gasteiger partial charge in [-0.3, -0.25) is 4.90 Å². The van der Waals surface area contributed by atoms with Gasteiger partial charge in [0.25, 0.3) is 8.32 Å². The van der Waals surface area contributed by atoms with Crippen molar-refractivity contribution < 1.29 is 14.0 Å². The summed E-state index contributed by atoms with van der Waals surface area (Å²) < 4.78 is 12.8. The standard InChI is InChI=1S/C26H35NO3Si/c1-8-20-19-27(24(28)29-25(2,3)4)23(20)30-31(26(5,6)7,21-15-11-9-12-16-21)22-17-13-10-14-18-22/h8-18,23H,19H2,1-7H3/b20-8+/t23-/m0/s1. The Morgan fingerprint density at radius 3 is 1.81 bits per heavy atom. The molecule has 4 nitrogen and oxygen atoms in total. The molecule has 2 aromatic carbocycles. The first-order chi connectivity index (χ1) is 14.5. The fourth-order valence-corrected chi connectivity index (χ4v) is 8.79. The molecule has 0 aromatic heterocycles. The fourth-order valence-electron chi connectivity index (χ4n) is 4.16. The van der Waals surface area contributed by atoms with E-state index in [1.54, 1.807) is 4.90 Å². The van der Waals surface area contributed by atoms with Crippen LogP contribution in [0.25, 0.3) is 0 Å². The molecule has 0 unspecified atom stereocenters. The van der Waals surface area contributed by atoms with Crippen molar-refractivity contribution in [2.45, 2.75) is 65.3 Å². The monoisotopic (exact) mass is 437 g/mol. The highest BCUT2D eigenvalue weighted by Crippen LogP contribution is 2.40. The number of rotatable bonds is 4. The van der Waals surface area contributed by atoms with E-state index in [4.69, 9.17) is 9.16 Å². The predicted octanol–water partition coefficient (Wildman–Crippen LogP) is 5.09. The van der Waals surface area contributed by atoms with E-state index in [9.17, 15) is 4.79 Å². The lowest BCUT2D eigenvalue weighted by Gasteiger charge is -2.51. The number of hydrogen-bond donors (Lipinski definition) is 0. The zero-order valence-corrected chi connectivity index (χ0v) is 20.8. The molecule has 5 heteroatoms. The molecule has 1 saturated heterocycles. The van der Waals surface area contributed by atoms with E-state index < -0.39 is 20.1 Å². The summed E-state index contributed by atoms with van der Waals surface area (Å²) in [6, 6.07) is 21.0. The van der Waals surface area contributed by atoms with Gasteiger partial charge in [-0.1, -0.05) is 87.5 Å². The number of nitrogens with zero attached hydrogens (tertiary/aromatic N) is 1. The topological polar surface area (TPSA) is 38.8 Å². The largest absolute Gasteiger partial charge is 0.444 e. The van der Waals surface area contributed by atoms with Crippen molar-refractivity contribution in [2.24, 2.45) is 0 Å². The molecule has 1 heterocycles. The van der Waals surface area contributed by atoms with Crippen LogP contribution in [0.2, 0.25) is 5.04 Å². The normalized spacial score (nSPS) is 18.6. The zero-order valence-electron chi connectivity index (χ0n) is 19.8. The van der Waals surface area contributed by atoms with Gasteiger partial charge in [-0.25, -0.2) is 4.79 Å². The maximum Gasteiger partial charge on any atom is 0.412 e. The van der Waals surface area contributed by atoms with Crippen molar-refractivity contribution in [1.29, 1.82) is 0 Å². The second kappa shape index (κ2) is 8.64. The van der Waals surface area contributed by atoms with Gasteiger partial charge in [0.1, 0.15) is 11.8 Å².